The topological polar surface area (TPSA) is 80.8 Å². The van der Waals surface area contributed by atoms with Crippen molar-refractivity contribution in [2.75, 3.05) is 40.5 Å². The Morgan fingerprint density at radius 3 is 2.62 bits per heavy atom. The molecule has 0 unspecified atom stereocenters. The van der Waals surface area contributed by atoms with Crippen LogP contribution in [0.2, 0.25) is 5.02 Å². The van der Waals surface area contributed by atoms with Crippen LogP contribution < -0.4 is 5.32 Å². The summed E-state index contributed by atoms with van der Waals surface area (Å²) < 4.78 is 10.1. The van der Waals surface area contributed by atoms with Gasteiger partial charge in [0, 0.05) is 45.9 Å². The zero-order valence-electron chi connectivity index (χ0n) is 16.7. The summed E-state index contributed by atoms with van der Waals surface area (Å²) in [6.07, 6.45) is 1.42. The van der Waals surface area contributed by atoms with Gasteiger partial charge in [-0.1, -0.05) is 23.7 Å². The van der Waals surface area contributed by atoms with E-state index in [9.17, 15) is 9.59 Å². The molecule has 158 valence electrons. The van der Waals surface area contributed by atoms with E-state index < -0.39 is 0 Å². The first kappa shape index (κ1) is 23.3. The van der Waals surface area contributed by atoms with Gasteiger partial charge in [0.2, 0.25) is 0 Å². The number of methoxy groups -OCH3 is 2. The maximum atomic E-state index is 13.0. The average molecular weight is 440 g/mol. The first-order chi connectivity index (χ1) is 14.1. The summed E-state index contributed by atoms with van der Waals surface area (Å²) in [5.41, 5.74) is 0.795. The number of nitrogens with zero attached hydrogens (tertiary/aromatic N) is 2. The van der Waals surface area contributed by atoms with Crippen LogP contribution in [0.4, 0.5) is 0 Å². The molecule has 0 bridgehead atoms. The summed E-state index contributed by atoms with van der Waals surface area (Å²) in [7, 11) is 3.25. The number of carbonyl (C=O) groups excluding carboxylic acids is 2. The Morgan fingerprint density at radius 1 is 1.17 bits per heavy atom. The standard InChI is InChI=1S/C20H26ClN3O4S/c1-27-11-5-9-22-19(25)17-14-29-18(23-17)13-24(10-6-12-28-2)20(26)15-7-3-4-8-16(15)21/h3-4,7-8,14H,5-6,9-13H2,1-2H3,(H,22,25). The third kappa shape index (κ3) is 7.40. The first-order valence-electron chi connectivity index (χ1n) is 9.31. The molecule has 0 aliphatic carbocycles. The largest absolute Gasteiger partial charge is 0.385 e. The molecule has 0 atom stereocenters. The third-order valence-corrected chi connectivity index (χ3v) is 5.25. The van der Waals surface area contributed by atoms with Crippen LogP contribution in [0.25, 0.3) is 0 Å². The Balaban J connectivity index is 2.05. The van der Waals surface area contributed by atoms with Gasteiger partial charge in [0.25, 0.3) is 11.8 Å². The number of thiazole rings is 1. The minimum atomic E-state index is -0.230. The number of benzene rings is 1. The molecule has 1 aromatic heterocycles. The number of hydrogen-bond donors (Lipinski definition) is 1. The summed E-state index contributed by atoms with van der Waals surface area (Å²) in [5, 5.41) is 5.60. The van der Waals surface area contributed by atoms with Crippen LogP contribution in [0.15, 0.2) is 29.6 Å². The van der Waals surface area contributed by atoms with Gasteiger partial charge in [-0.3, -0.25) is 9.59 Å². The first-order valence-corrected chi connectivity index (χ1v) is 10.6. The van der Waals surface area contributed by atoms with Crippen LogP contribution in [0.5, 0.6) is 0 Å². The zero-order chi connectivity index (χ0) is 21.1. The molecule has 1 N–H and O–H groups in total. The van der Waals surface area contributed by atoms with Gasteiger partial charge >= 0.3 is 0 Å². The van der Waals surface area contributed by atoms with Crippen LogP contribution in [0.1, 0.15) is 38.7 Å². The van der Waals surface area contributed by atoms with Crippen molar-refractivity contribution in [2.24, 2.45) is 0 Å². The second kappa shape index (κ2) is 12.5. The fourth-order valence-corrected chi connectivity index (χ4v) is 3.62. The highest BCUT2D eigenvalue weighted by Gasteiger charge is 2.20. The number of amides is 2. The van der Waals surface area contributed by atoms with Crippen LogP contribution in [0, 0.1) is 0 Å². The van der Waals surface area contributed by atoms with E-state index >= 15 is 0 Å². The van der Waals surface area contributed by atoms with Crippen LogP contribution in [-0.4, -0.2) is 62.2 Å². The fourth-order valence-electron chi connectivity index (χ4n) is 2.62. The zero-order valence-corrected chi connectivity index (χ0v) is 18.2. The lowest BCUT2D eigenvalue weighted by Crippen LogP contribution is -2.32. The van der Waals surface area contributed by atoms with Crippen molar-refractivity contribution in [1.82, 2.24) is 15.2 Å². The predicted molar refractivity (Wildman–Crippen MR) is 114 cm³/mol. The van der Waals surface area contributed by atoms with Gasteiger partial charge in [-0.05, 0) is 25.0 Å². The smallest absolute Gasteiger partial charge is 0.270 e. The summed E-state index contributed by atoms with van der Waals surface area (Å²) in [5.74, 6) is -0.403. The molecule has 0 spiro atoms. The molecule has 29 heavy (non-hydrogen) atoms. The SMILES string of the molecule is COCCCNC(=O)c1csc(CN(CCCOC)C(=O)c2ccccc2Cl)n1. The summed E-state index contributed by atoms with van der Waals surface area (Å²) in [4.78, 5) is 31.3. The maximum absolute atomic E-state index is 13.0. The quantitative estimate of drug-likeness (QED) is 0.513. The van der Waals surface area contributed by atoms with Gasteiger partial charge in [-0.2, -0.15) is 0 Å². The highest BCUT2D eigenvalue weighted by Crippen LogP contribution is 2.20. The molecule has 2 amide bonds. The van der Waals surface area contributed by atoms with Gasteiger partial charge in [0.05, 0.1) is 17.1 Å². The Bertz CT molecular complexity index is 800. The van der Waals surface area contributed by atoms with E-state index in [1.165, 1.54) is 11.3 Å². The fraction of sp³-hybridized carbons (Fsp3) is 0.450. The molecule has 2 aromatic rings. The van der Waals surface area contributed by atoms with Crippen molar-refractivity contribution in [2.45, 2.75) is 19.4 Å². The van der Waals surface area contributed by atoms with Crippen molar-refractivity contribution in [3.8, 4) is 0 Å². The van der Waals surface area contributed by atoms with Gasteiger partial charge in [0.1, 0.15) is 10.7 Å². The molecule has 0 saturated carbocycles. The molecule has 0 saturated heterocycles. The Morgan fingerprint density at radius 2 is 1.90 bits per heavy atom. The van der Waals surface area contributed by atoms with E-state index in [0.29, 0.717) is 60.6 Å². The third-order valence-electron chi connectivity index (χ3n) is 4.09. The van der Waals surface area contributed by atoms with Gasteiger partial charge in [0.15, 0.2) is 0 Å². The molecule has 2 rings (SSSR count). The van der Waals surface area contributed by atoms with E-state index in [4.69, 9.17) is 21.1 Å². The molecule has 0 aliphatic rings. The number of ether oxygens (including phenoxy) is 2. The number of rotatable bonds is 12. The second-order valence-corrected chi connectivity index (χ2v) is 7.63. The van der Waals surface area contributed by atoms with Crippen LogP contribution in [0.3, 0.4) is 0 Å². The second-order valence-electron chi connectivity index (χ2n) is 6.28. The van der Waals surface area contributed by atoms with E-state index in [0.717, 1.165) is 6.42 Å². The molecule has 0 radical (unpaired) electrons. The lowest BCUT2D eigenvalue weighted by molar-refractivity contribution is 0.0723. The Labute approximate surface area is 180 Å². The summed E-state index contributed by atoms with van der Waals surface area (Å²) >= 11 is 7.55. The molecule has 9 heteroatoms. The molecule has 0 aliphatic heterocycles. The summed E-state index contributed by atoms with van der Waals surface area (Å²) in [6.45, 7) is 2.45. The highest BCUT2D eigenvalue weighted by atomic mass is 35.5. The number of aromatic nitrogens is 1. The monoisotopic (exact) mass is 439 g/mol. The van der Waals surface area contributed by atoms with E-state index in [-0.39, 0.29) is 11.8 Å². The van der Waals surface area contributed by atoms with Crippen molar-refractivity contribution in [1.29, 1.82) is 0 Å². The molecule has 0 fully saturated rings. The number of nitrogens with one attached hydrogen (secondary N) is 1. The highest BCUT2D eigenvalue weighted by molar-refractivity contribution is 7.09. The molecular formula is C20H26ClN3O4S. The van der Waals surface area contributed by atoms with Crippen molar-refractivity contribution in [3.63, 3.8) is 0 Å². The predicted octanol–water partition coefficient (Wildman–Crippen LogP) is 3.24. The van der Waals surface area contributed by atoms with Gasteiger partial charge < -0.3 is 19.7 Å². The lowest BCUT2D eigenvalue weighted by Gasteiger charge is -2.22. The number of hydrogen-bond acceptors (Lipinski definition) is 6. The molecule has 1 aromatic carbocycles. The van der Waals surface area contributed by atoms with Crippen LogP contribution >= 0.6 is 22.9 Å². The van der Waals surface area contributed by atoms with E-state index in [1.54, 1.807) is 48.8 Å². The van der Waals surface area contributed by atoms with E-state index in [2.05, 4.69) is 10.3 Å². The van der Waals surface area contributed by atoms with Crippen molar-refractivity contribution >= 4 is 34.8 Å². The van der Waals surface area contributed by atoms with Gasteiger partial charge in [-0.15, -0.1) is 11.3 Å². The normalized spacial score (nSPS) is 10.7. The van der Waals surface area contributed by atoms with Crippen molar-refractivity contribution in [3.05, 3.63) is 50.9 Å². The number of halogens is 1. The lowest BCUT2D eigenvalue weighted by atomic mass is 10.2. The molecule has 7 nitrogen and oxygen atoms in total. The average Bonchev–Trinajstić information content (AvgIpc) is 3.19. The minimum absolute atomic E-state index is 0.174. The molecule has 1 heterocycles. The Kier molecular flexibility index (Phi) is 10.1. The number of carbonyl (C=O) groups is 2. The maximum Gasteiger partial charge on any atom is 0.270 e. The summed E-state index contributed by atoms with van der Waals surface area (Å²) in [6, 6.07) is 6.96. The molecular weight excluding hydrogens is 414 g/mol. The Hall–Kier alpha value is -2.00. The minimum Gasteiger partial charge on any atom is -0.385 e. The van der Waals surface area contributed by atoms with Crippen LogP contribution in [-0.2, 0) is 16.0 Å². The van der Waals surface area contributed by atoms with E-state index in [1.807, 2.05) is 0 Å². The van der Waals surface area contributed by atoms with Gasteiger partial charge in [-0.25, -0.2) is 4.98 Å². The van der Waals surface area contributed by atoms with Crippen molar-refractivity contribution < 1.29 is 19.1 Å².